The van der Waals surface area contributed by atoms with Crippen LogP contribution < -0.4 is 4.74 Å². The number of halogens is 3. The van der Waals surface area contributed by atoms with Crippen LogP contribution in [0.4, 0.5) is 13.2 Å². The molecular formula is C10H12F3NO2. The largest absolute Gasteiger partial charge is 0.489 e. The van der Waals surface area contributed by atoms with Crippen molar-refractivity contribution in [1.29, 1.82) is 0 Å². The molecule has 16 heavy (non-hydrogen) atoms. The van der Waals surface area contributed by atoms with Crippen molar-refractivity contribution in [1.82, 2.24) is 4.98 Å². The van der Waals surface area contributed by atoms with Gasteiger partial charge in [-0.15, -0.1) is 0 Å². The van der Waals surface area contributed by atoms with Crippen LogP contribution in [0.3, 0.4) is 0 Å². The second-order valence-corrected chi connectivity index (χ2v) is 3.15. The molecule has 6 heteroatoms. The Balaban J connectivity index is 2.83. The van der Waals surface area contributed by atoms with Crippen molar-refractivity contribution in [3.63, 3.8) is 0 Å². The molecule has 0 spiro atoms. The lowest BCUT2D eigenvalue weighted by molar-refractivity contribution is -0.138. The van der Waals surface area contributed by atoms with Gasteiger partial charge in [0, 0.05) is 13.3 Å². The summed E-state index contributed by atoms with van der Waals surface area (Å²) in [7, 11) is 1.49. The first kappa shape index (κ1) is 12.8. The molecule has 0 radical (unpaired) electrons. The van der Waals surface area contributed by atoms with Crippen molar-refractivity contribution in [2.45, 2.75) is 13.1 Å². The molecular weight excluding hydrogens is 223 g/mol. The number of aromatic nitrogens is 1. The van der Waals surface area contributed by atoms with Gasteiger partial charge in [0.15, 0.2) is 0 Å². The molecule has 0 aliphatic heterocycles. The lowest BCUT2D eigenvalue weighted by Crippen LogP contribution is -2.09. The van der Waals surface area contributed by atoms with Crippen molar-refractivity contribution in [2.24, 2.45) is 0 Å². The lowest BCUT2D eigenvalue weighted by Gasteiger charge is -2.11. The summed E-state index contributed by atoms with van der Waals surface area (Å²) in [5.74, 6) is 0.131. The van der Waals surface area contributed by atoms with Crippen LogP contribution in [0.15, 0.2) is 12.3 Å². The van der Waals surface area contributed by atoms with Gasteiger partial charge in [0.05, 0.1) is 17.9 Å². The lowest BCUT2D eigenvalue weighted by atomic mass is 10.2. The molecule has 0 bridgehead atoms. The minimum Gasteiger partial charge on any atom is -0.489 e. The van der Waals surface area contributed by atoms with Gasteiger partial charge in [-0.1, -0.05) is 0 Å². The summed E-state index contributed by atoms with van der Waals surface area (Å²) in [6.45, 7) is 2.10. The van der Waals surface area contributed by atoms with Crippen LogP contribution in [0.2, 0.25) is 0 Å². The Labute approximate surface area is 91.2 Å². The summed E-state index contributed by atoms with van der Waals surface area (Å²) >= 11 is 0. The van der Waals surface area contributed by atoms with Crippen LogP contribution in [0.25, 0.3) is 0 Å². The number of rotatable bonds is 4. The number of ether oxygens (including phenoxy) is 2. The molecule has 0 aromatic carbocycles. The highest BCUT2D eigenvalue weighted by Gasteiger charge is 2.31. The summed E-state index contributed by atoms with van der Waals surface area (Å²) in [5.41, 5.74) is -0.394. The molecule has 90 valence electrons. The normalized spacial score (nSPS) is 11.6. The number of nitrogens with zero attached hydrogens (tertiary/aromatic N) is 1. The second-order valence-electron chi connectivity index (χ2n) is 3.15. The SMILES string of the molecule is COCCOc1cc(C(F)(F)F)cnc1C. The Hall–Kier alpha value is -1.30. The van der Waals surface area contributed by atoms with E-state index < -0.39 is 11.7 Å². The van der Waals surface area contributed by atoms with Crippen LogP contribution >= 0.6 is 0 Å². The van der Waals surface area contributed by atoms with Crippen LogP contribution in [0.5, 0.6) is 5.75 Å². The van der Waals surface area contributed by atoms with Crippen molar-refractivity contribution in [2.75, 3.05) is 20.3 Å². The summed E-state index contributed by atoms with van der Waals surface area (Å²) in [5, 5.41) is 0. The van der Waals surface area contributed by atoms with Gasteiger partial charge in [-0.2, -0.15) is 13.2 Å². The number of methoxy groups -OCH3 is 1. The highest BCUT2D eigenvalue weighted by atomic mass is 19.4. The first-order valence-corrected chi connectivity index (χ1v) is 4.60. The quantitative estimate of drug-likeness (QED) is 0.751. The maximum absolute atomic E-state index is 12.4. The van der Waals surface area contributed by atoms with E-state index in [0.29, 0.717) is 12.3 Å². The predicted octanol–water partition coefficient (Wildman–Crippen LogP) is 2.43. The summed E-state index contributed by atoms with van der Waals surface area (Å²) < 4.78 is 47.0. The molecule has 0 amide bonds. The number of aryl methyl sites for hydroxylation is 1. The fourth-order valence-corrected chi connectivity index (χ4v) is 1.05. The molecule has 1 heterocycles. The number of hydrogen-bond acceptors (Lipinski definition) is 3. The minimum absolute atomic E-state index is 0.131. The molecule has 0 saturated heterocycles. The topological polar surface area (TPSA) is 31.4 Å². The van der Waals surface area contributed by atoms with E-state index in [0.717, 1.165) is 12.3 Å². The fourth-order valence-electron chi connectivity index (χ4n) is 1.05. The van der Waals surface area contributed by atoms with Gasteiger partial charge in [0.1, 0.15) is 12.4 Å². The van der Waals surface area contributed by atoms with Crippen molar-refractivity contribution in [3.05, 3.63) is 23.5 Å². The van der Waals surface area contributed by atoms with E-state index in [1.165, 1.54) is 7.11 Å². The Morgan fingerprint density at radius 3 is 2.56 bits per heavy atom. The average Bonchev–Trinajstić information content (AvgIpc) is 2.19. The van der Waals surface area contributed by atoms with E-state index >= 15 is 0 Å². The molecule has 0 aliphatic rings. The van der Waals surface area contributed by atoms with Crippen molar-refractivity contribution in [3.8, 4) is 5.75 Å². The first-order chi connectivity index (χ1) is 7.45. The van der Waals surface area contributed by atoms with Gasteiger partial charge in [0.2, 0.25) is 0 Å². The molecule has 0 saturated carbocycles. The molecule has 1 rings (SSSR count). The van der Waals surface area contributed by atoms with Crippen molar-refractivity contribution < 1.29 is 22.6 Å². The Kier molecular flexibility index (Phi) is 4.12. The van der Waals surface area contributed by atoms with E-state index in [4.69, 9.17) is 9.47 Å². The third-order valence-electron chi connectivity index (χ3n) is 1.91. The van der Waals surface area contributed by atoms with E-state index in [-0.39, 0.29) is 12.4 Å². The first-order valence-electron chi connectivity index (χ1n) is 4.60. The van der Waals surface area contributed by atoms with E-state index in [9.17, 15) is 13.2 Å². The van der Waals surface area contributed by atoms with Gasteiger partial charge in [-0.05, 0) is 13.0 Å². The standard InChI is InChI=1S/C10H12F3NO2/c1-7-9(16-4-3-15-2)5-8(6-14-7)10(11,12)13/h5-6H,3-4H2,1-2H3. The maximum atomic E-state index is 12.4. The summed E-state index contributed by atoms with van der Waals surface area (Å²) in [6.07, 6.45) is -3.61. The van der Waals surface area contributed by atoms with E-state index in [1.807, 2.05) is 0 Å². The highest BCUT2D eigenvalue weighted by molar-refractivity contribution is 5.31. The molecule has 0 fully saturated rings. The van der Waals surface area contributed by atoms with Gasteiger partial charge in [-0.25, -0.2) is 0 Å². The molecule has 0 atom stereocenters. The van der Waals surface area contributed by atoms with Crippen molar-refractivity contribution >= 4 is 0 Å². The smallest absolute Gasteiger partial charge is 0.418 e. The molecule has 1 aromatic heterocycles. The second kappa shape index (κ2) is 5.16. The number of hydrogen-bond donors (Lipinski definition) is 0. The third-order valence-corrected chi connectivity index (χ3v) is 1.91. The van der Waals surface area contributed by atoms with E-state index in [1.54, 1.807) is 6.92 Å². The van der Waals surface area contributed by atoms with Gasteiger partial charge >= 0.3 is 6.18 Å². The third kappa shape index (κ3) is 3.37. The van der Waals surface area contributed by atoms with E-state index in [2.05, 4.69) is 4.98 Å². The molecule has 1 aromatic rings. The molecule has 0 unspecified atom stereocenters. The fraction of sp³-hybridized carbons (Fsp3) is 0.500. The Bertz CT molecular complexity index is 352. The minimum atomic E-state index is -4.40. The van der Waals surface area contributed by atoms with Crippen LogP contribution in [-0.4, -0.2) is 25.3 Å². The predicted molar refractivity (Wildman–Crippen MR) is 51.3 cm³/mol. The van der Waals surface area contributed by atoms with Crippen LogP contribution in [0.1, 0.15) is 11.3 Å². The number of pyridine rings is 1. The molecule has 0 N–H and O–H groups in total. The zero-order chi connectivity index (χ0) is 12.2. The molecule has 0 aliphatic carbocycles. The zero-order valence-corrected chi connectivity index (χ0v) is 8.97. The monoisotopic (exact) mass is 235 g/mol. The Morgan fingerprint density at radius 1 is 1.31 bits per heavy atom. The highest BCUT2D eigenvalue weighted by Crippen LogP contribution is 2.31. The summed E-state index contributed by atoms with van der Waals surface area (Å²) in [4.78, 5) is 3.64. The van der Waals surface area contributed by atoms with Gasteiger partial charge in [-0.3, -0.25) is 4.98 Å². The zero-order valence-electron chi connectivity index (χ0n) is 8.97. The van der Waals surface area contributed by atoms with Crippen LogP contribution in [-0.2, 0) is 10.9 Å². The number of alkyl halides is 3. The summed E-state index contributed by atoms with van der Waals surface area (Å²) in [6, 6.07) is 0.942. The van der Waals surface area contributed by atoms with Crippen LogP contribution in [0, 0.1) is 6.92 Å². The van der Waals surface area contributed by atoms with Gasteiger partial charge in [0.25, 0.3) is 0 Å². The maximum Gasteiger partial charge on any atom is 0.418 e. The molecule has 3 nitrogen and oxygen atoms in total. The Morgan fingerprint density at radius 2 is 2.00 bits per heavy atom. The van der Waals surface area contributed by atoms with Gasteiger partial charge < -0.3 is 9.47 Å². The average molecular weight is 235 g/mol.